The maximum atomic E-state index is 12.3. The second-order valence-corrected chi connectivity index (χ2v) is 9.71. The number of aliphatic hydroxyl groups is 1. The van der Waals surface area contributed by atoms with Crippen LogP contribution in [0.2, 0.25) is 0 Å². The highest BCUT2D eigenvalue weighted by molar-refractivity contribution is 7.88. The Morgan fingerprint density at radius 2 is 1.59 bits per heavy atom. The molecule has 152 valence electrons. The Kier molecular flexibility index (Phi) is 4.98. The maximum absolute atomic E-state index is 12.3. The van der Waals surface area contributed by atoms with Crippen molar-refractivity contribution >= 4 is 31.8 Å². The van der Waals surface area contributed by atoms with Crippen molar-refractivity contribution < 1.29 is 17.9 Å². The zero-order chi connectivity index (χ0) is 20.6. The number of fused-ring (bicyclic) bond motifs is 3. The number of aromatic nitrogens is 1. The lowest BCUT2D eigenvalue weighted by molar-refractivity contribution is 0.0240. The van der Waals surface area contributed by atoms with Gasteiger partial charge in [-0.05, 0) is 31.2 Å². The molecule has 6 nitrogen and oxygen atoms in total. The second-order valence-electron chi connectivity index (χ2n) is 7.73. The van der Waals surface area contributed by atoms with Gasteiger partial charge in [0.05, 0.1) is 31.2 Å². The average Bonchev–Trinajstić information content (AvgIpc) is 3.28. The largest absolute Gasteiger partial charge is 0.468 e. The second kappa shape index (κ2) is 7.33. The number of sulfonamides is 1. The first-order chi connectivity index (χ1) is 13.7. The molecule has 0 aliphatic heterocycles. The van der Waals surface area contributed by atoms with Crippen LogP contribution in [0.3, 0.4) is 0 Å². The molecule has 7 heteroatoms. The van der Waals surface area contributed by atoms with Crippen LogP contribution in [0.1, 0.15) is 12.7 Å². The van der Waals surface area contributed by atoms with Gasteiger partial charge in [0.2, 0.25) is 10.0 Å². The molecule has 1 atom stereocenters. The van der Waals surface area contributed by atoms with E-state index in [1.165, 1.54) is 10.6 Å². The van der Waals surface area contributed by atoms with Gasteiger partial charge in [0.15, 0.2) is 0 Å². The summed E-state index contributed by atoms with van der Waals surface area (Å²) < 4.78 is 33.3. The topological polar surface area (TPSA) is 75.7 Å². The lowest BCUT2D eigenvalue weighted by atomic mass is 10.1. The van der Waals surface area contributed by atoms with Crippen molar-refractivity contribution in [1.82, 2.24) is 8.87 Å². The zero-order valence-corrected chi connectivity index (χ0v) is 17.3. The van der Waals surface area contributed by atoms with Gasteiger partial charge >= 0.3 is 0 Å². The van der Waals surface area contributed by atoms with Crippen LogP contribution in [0.25, 0.3) is 21.8 Å². The molecule has 0 saturated heterocycles. The summed E-state index contributed by atoms with van der Waals surface area (Å²) in [6, 6.07) is 19.5. The Labute approximate surface area is 170 Å². The minimum atomic E-state index is -3.53. The van der Waals surface area contributed by atoms with E-state index in [1.54, 1.807) is 19.1 Å². The van der Waals surface area contributed by atoms with Crippen molar-refractivity contribution in [2.24, 2.45) is 0 Å². The van der Waals surface area contributed by atoms with Crippen LogP contribution in [0.15, 0.2) is 71.3 Å². The molecule has 4 aromatic rings. The van der Waals surface area contributed by atoms with Crippen LogP contribution in [0.4, 0.5) is 0 Å². The fourth-order valence-corrected chi connectivity index (χ4v) is 4.69. The summed E-state index contributed by atoms with van der Waals surface area (Å²) in [4.78, 5) is 0. The van der Waals surface area contributed by atoms with Gasteiger partial charge < -0.3 is 14.1 Å². The molecule has 29 heavy (non-hydrogen) atoms. The van der Waals surface area contributed by atoms with Gasteiger partial charge in [0.1, 0.15) is 5.76 Å². The van der Waals surface area contributed by atoms with Crippen molar-refractivity contribution in [2.45, 2.75) is 25.6 Å². The number of hydrogen-bond donors (Lipinski definition) is 1. The van der Waals surface area contributed by atoms with Crippen LogP contribution in [-0.4, -0.2) is 40.8 Å². The van der Waals surface area contributed by atoms with E-state index in [-0.39, 0.29) is 19.6 Å². The molecule has 0 fully saturated rings. The Hall–Kier alpha value is -2.61. The first kappa shape index (κ1) is 19.7. The van der Waals surface area contributed by atoms with Gasteiger partial charge in [-0.1, -0.05) is 36.4 Å². The van der Waals surface area contributed by atoms with Crippen LogP contribution in [-0.2, 0) is 23.1 Å². The number of hydrogen-bond acceptors (Lipinski definition) is 4. The smallest absolute Gasteiger partial charge is 0.211 e. The number of furan rings is 1. The monoisotopic (exact) mass is 412 g/mol. The zero-order valence-electron chi connectivity index (χ0n) is 16.4. The van der Waals surface area contributed by atoms with Crippen molar-refractivity contribution in [3.8, 4) is 0 Å². The van der Waals surface area contributed by atoms with Gasteiger partial charge in [-0.2, -0.15) is 4.31 Å². The summed E-state index contributed by atoms with van der Waals surface area (Å²) in [6.07, 6.45) is 2.65. The van der Waals surface area contributed by atoms with E-state index in [1.807, 2.05) is 36.4 Å². The van der Waals surface area contributed by atoms with E-state index >= 15 is 0 Å². The Morgan fingerprint density at radius 1 is 1.00 bits per heavy atom. The van der Waals surface area contributed by atoms with Gasteiger partial charge in [-0.3, -0.25) is 0 Å². The summed E-state index contributed by atoms with van der Waals surface area (Å²) in [7, 11) is -3.53. The lowest BCUT2D eigenvalue weighted by Crippen LogP contribution is -2.45. The Bertz CT molecular complexity index is 1190. The van der Waals surface area contributed by atoms with Crippen molar-refractivity contribution in [3.63, 3.8) is 0 Å². The minimum absolute atomic E-state index is 0.0482. The number of rotatable bonds is 7. The molecule has 0 saturated carbocycles. The summed E-state index contributed by atoms with van der Waals surface area (Å²) in [6.45, 7) is 1.95. The fraction of sp³-hybridized carbons (Fsp3) is 0.273. The number of benzene rings is 2. The predicted molar refractivity (Wildman–Crippen MR) is 114 cm³/mol. The van der Waals surface area contributed by atoms with Gasteiger partial charge in [-0.15, -0.1) is 0 Å². The van der Waals surface area contributed by atoms with Gasteiger partial charge in [0.25, 0.3) is 0 Å². The van der Waals surface area contributed by atoms with Crippen LogP contribution < -0.4 is 0 Å². The van der Waals surface area contributed by atoms with E-state index in [2.05, 4.69) is 16.7 Å². The highest BCUT2D eigenvalue weighted by Gasteiger charge is 2.31. The Balaban J connectivity index is 1.69. The molecular formula is C22H24N2O4S. The third kappa shape index (κ3) is 4.07. The Morgan fingerprint density at radius 3 is 2.10 bits per heavy atom. The third-order valence-electron chi connectivity index (χ3n) is 5.08. The van der Waals surface area contributed by atoms with Crippen LogP contribution in [0.5, 0.6) is 0 Å². The summed E-state index contributed by atoms with van der Waals surface area (Å²) in [5.74, 6) is 0.531. The average molecular weight is 413 g/mol. The van der Waals surface area contributed by atoms with E-state index in [9.17, 15) is 13.5 Å². The molecule has 0 radical (unpaired) electrons. The molecule has 2 aromatic heterocycles. The summed E-state index contributed by atoms with van der Waals surface area (Å²) in [5.41, 5.74) is 0.720. The molecule has 2 aromatic carbocycles. The molecule has 1 N–H and O–H groups in total. The quantitative estimate of drug-likeness (QED) is 0.503. The normalized spacial score (nSPS) is 14.6. The fourth-order valence-electron chi connectivity index (χ4n) is 3.81. The number of para-hydroxylation sites is 2. The lowest BCUT2D eigenvalue weighted by Gasteiger charge is -2.30. The first-order valence-electron chi connectivity index (χ1n) is 9.40. The third-order valence-corrected chi connectivity index (χ3v) is 6.27. The SMILES string of the molecule is CC(O)(CN(Cc1ccco1)S(C)(=O)=O)Cn1c2ccccc2c2ccccc21. The molecule has 0 spiro atoms. The van der Waals surface area contributed by atoms with E-state index < -0.39 is 15.6 Å². The van der Waals surface area contributed by atoms with Crippen molar-refractivity contribution in [1.29, 1.82) is 0 Å². The van der Waals surface area contributed by atoms with Crippen LogP contribution in [0, 0.1) is 0 Å². The molecule has 1 unspecified atom stereocenters. The molecule has 0 aliphatic rings. The predicted octanol–water partition coefficient (Wildman–Crippen LogP) is 3.60. The molecular weight excluding hydrogens is 388 g/mol. The first-order valence-corrected chi connectivity index (χ1v) is 11.3. The van der Waals surface area contributed by atoms with Crippen molar-refractivity contribution in [3.05, 3.63) is 72.7 Å². The maximum Gasteiger partial charge on any atom is 0.211 e. The van der Waals surface area contributed by atoms with Gasteiger partial charge in [-0.25, -0.2) is 8.42 Å². The molecule has 0 aliphatic carbocycles. The standard InChI is InChI=1S/C22H24N2O4S/c1-22(25,15-23(29(2,26)27)14-17-8-7-13-28-17)16-24-20-11-5-3-9-18(20)19-10-4-6-12-21(19)24/h3-13,25H,14-16H2,1-2H3. The molecule has 4 rings (SSSR count). The van der Waals surface area contributed by atoms with E-state index in [4.69, 9.17) is 4.42 Å². The van der Waals surface area contributed by atoms with E-state index in [0.717, 1.165) is 28.1 Å². The molecule has 2 heterocycles. The summed E-state index contributed by atoms with van der Waals surface area (Å²) >= 11 is 0. The van der Waals surface area contributed by atoms with Gasteiger partial charge in [0, 0.05) is 28.4 Å². The van der Waals surface area contributed by atoms with E-state index in [0.29, 0.717) is 5.76 Å². The van der Waals surface area contributed by atoms with Crippen LogP contribution >= 0.6 is 0 Å². The molecule has 0 amide bonds. The minimum Gasteiger partial charge on any atom is -0.468 e. The summed E-state index contributed by atoms with van der Waals surface area (Å²) in [5, 5.41) is 13.4. The molecule has 0 bridgehead atoms. The highest BCUT2D eigenvalue weighted by atomic mass is 32.2. The number of nitrogens with zero attached hydrogens (tertiary/aromatic N) is 2. The van der Waals surface area contributed by atoms with Crippen molar-refractivity contribution in [2.75, 3.05) is 12.8 Å². The highest BCUT2D eigenvalue weighted by Crippen LogP contribution is 2.30.